The first kappa shape index (κ1) is 17.1. The van der Waals surface area contributed by atoms with Crippen LogP contribution in [0.15, 0.2) is 18.2 Å². The molecule has 3 atom stereocenters. The van der Waals surface area contributed by atoms with Gasteiger partial charge in [0.1, 0.15) is 0 Å². The molecule has 1 aromatic rings. The second kappa shape index (κ2) is 6.61. The van der Waals surface area contributed by atoms with Crippen LogP contribution in [0.1, 0.15) is 30.4 Å². The Labute approximate surface area is 138 Å². The van der Waals surface area contributed by atoms with Crippen LogP contribution in [0.3, 0.4) is 0 Å². The average molecular weight is 340 g/mol. The summed E-state index contributed by atoms with van der Waals surface area (Å²) in [5.74, 6) is -0.0610. The number of halogens is 3. The topological polar surface area (TPSA) is 56.5 Å². The SMILES string of the molecule is N#Cc1cc(N2CCCC2C2COCCC2O)ccc1C(F)(F)F. The number of aliphatic hydroxyl groups excluding tert-OH is 1. The number of nitrogens with zero attached hydrogens (tertiary/aromatic N) is 2. The van der Waals surface area contributed by atoms with Crippen molar-refractivity contribution in [2.75, 3.05) is 24.7 Å². The third-order valence-corrected chi connectivity index (χ3v) is 4.92. The van der Waals surface area contributed by atoms with Crippen molar-refractivity contribution >= 4 is 5.69 Å². The standard InChI is InChI=1S/C17H19F3N2O2/c18-17(19,20)14-4-3-12(8-11(14)9-21)22-6-1-2-15(22)13-10-24-7-5-16(13)23/h3-4,8,13,15-16,23H,1-2,5-7,10H2. The molecule has 0 radical (unpaired) electrons. The van der Waals surface area contributed by atoms with Crippen LogP contribution in [0.25, 0.3) is 0 Å². The lowest BCUT2D eigenvalue weighted by atomic mass is 9.89. The Balaban J connectivity index is 1.89. The van der Waals surface area contributed by atoms with Crippen LogP contribution in [0, 0.1) is 17.2 Å². The van der Waals surface area contributed by atoms with Gasteiger partial charge in [-0.2, -0.15) is 18.4 Å². The van der Waals surface area contributed by atoms with Gasteiger partial charge in [-0.05, 0) is 37.5 Å². The number of hydrogen-bond acceptors (Lipinski definition) is 4. The van der Waals surface area contributed by atoms with E-state index in [1.165, 1.54) is 12.1 Å². The summed E-state index contributed by atoms with van der Waals surface area (Å²) in [7, 11) is 0. The molecule has 1 aromatic carbocycles. The summed E-state index contributed by atoms with van der Waals surface area (Å²) < 4.78 is 44.3. The second-order valence-electron chi connectivity index (χ2n) is 6.34. The van der Waals surface area contributed by atoms with Gasteiger partial charge in [-0.3, -0.25) is 0 Å². The van der Waals surface area contributed by atoms with Crippen LogP contribution in [0.4, 0.5) is 18.9 Å². The van der Waals surface area contributed by atoms with Gasteiger partial charge in [0.15, 0.2) is 0 Å². The van der Waals surface area contributed by atoms with Gasteiger partial charge in [-0.25, -0.2) is 0 Å². The molecule has 2 saturated heterocycles. The lowest BCUT2D eigenvalue weighted by molar-refractivity contribution is -0.137. The normalized spacial score (nSPS) is 28.0. The highest BCUT2D eigenvalue weighted by Gasteiger charge is 2.39. The maximum absolute atomic E-state index is 12.9. The van der Waals surface area contributed by atoms with Crippen LogP contribution < -0.4 is 4.90 Å². The molecule has 7 heteroatoms. The van der Waals surface area contributed by atoms with E-state index in [0.29, 0.717) is 31.9 Å². The molecule has 0 saturated carbocycles. The van der Waals surface area contributed by atoms with Crippen molar-refractivity contribution in [3.63, 3.8) is 0 Å². The van der Waals surface area contributed by atoms with Crippen LogP contribution in [0.5, 0.6) is 0 Å². The van der Waals surface area contributed by atoms with E-state index >= 15 is 0 Å². The van der Waals surface area contributed by atoms with Crippen molar-refractivity contribution in [1.82, 2.24) is 0 Å². The fourth-order valence-electron chi connectivity index (χ4n) is 3.72. The van der Waals surface area contributed by atoms with E-state index in [-0.39, 0.29) is 17.5 Å². The van der Waals surface area contributed by atoms with E-state index in [1.54, 1.807) is 6.07 Å². The molecule has 130 valence electrons. The first-order valence-corrected chi connectivity index (χ1v) is 8.05. The molecule has 0 spiro atoms. The number of aliphatic hydroxyl groups is 1. The molecule has 0 aliphatic carbocycles. The summed E-state index contributed by atoms with van der Waals surface area (Å²) in [5.41, 5.74) is -0.684. The van der Waals surface area contributed by atoms with Crippen molar-refractivity contribution in [2.24, 2.45) is 5.92 Å². The minimum absolute atomic E-state index is 0.0172. The lowest BCUT2D eigenvalue weighted by Gasteiger charge is -2.38. The Kier molecular flexibility index (Phi) is 4.70. The Morgan fingerprint density at radius 1 is 1.29 bits per heavy atom. The van der Waals surface area contributed by atoms with Crippen LogP contribution in [-0.4, -0.2) is 37.0 Å². The van der Waals surface area contributed by atoms with Gasteiger partial charge in [0.25, 0.3) is 0 Å². The fraction of sp³-hybridized carbons (Fsp3) is 0.588. The first-order valence-electron chi connectivity index (χ1n) is 8.05. The largest absolute Gasteiger partial charge is 0.417 e. The van der Waals surface area contributed by atoms with Gasteiger partial charge in [-0.15, -0.1) is 0 Å². The number of benzene rings is 1. The summed E-state index contributed by atoms with van der Waals surface area (Å²) >= 11 is 0. The van der Waals surface area contributed by atoms with E-state index < -0.39 is 17.8 Å². The van der Waals surface area contributed by atoms with E-state index in [1.807, 2.05) is 4.90 Å². The zero-order chi connectivity index (χ0) is 17.3. The van der Waals surface area contributed by atoms with E-state index in [4.69, 9.17) is 10.00 Å². The van der Waals surface area contributed by atoms with Gasteiger partial charge in [-0.1, -0.05) is 0 Å². The Hall–Kier alpha value is -1.78. The molecule has 2 aliphatic heterocycles. The molecular weight excluding hydrogens is 321 g/mol. The molecule has 24 heavy (non-hydrogen) atoms. The number of hydrogen-bond donors (Lipinski definition) is 1. The highest BCUT2D eigenvalue weighted by Crippen LogP contribution is 2.37. The molecular formula is C17H19F3N2O2. The minimum atomic E-state index is -4.54. The maximum atomic E-state index is 12.9. The zero-order valence-electron chi connectivity index (χ0n) is 13.1. The first-order chi connectivity index (χ1) is 11.4. The molecule has 0 amide bonds. The molecule has 2 heterocycles. The number of anilines is 1. The van der Waals surface area contributed by atoms with Gasteiger partial charge in [0.05, 0.1) is 29.9 Å². The molecule has 0 bridgehead atoms. The predicted octanol–water partition coefficient (Wildman–Crippen LogP) is 2.94. The minimum Gasteiger partial charge on any atom is -0.393 e. The molecule has 1 N–H and O–H groups in total. The Morgan fingerprint density at radius 3 is 2.75 bits per heavy atom. The quantitative estimate of drug-likeness (QED) is 0.899. The van der Waals surface area contributed by atoms with Crippen molar-refractivity contribution in [3.05, 3.63) is 29.3 Å². The van der Waals surface area contributed by atoms with E-state index in [0.717, 1.165) is 18.9 Å². The number of alkyl halides is 3. The fourth-order valence-corrected chi connectivity index (χ4v) is 3.72. The van der Waals surface area contributed by atoms with Crippen molar-refractivity contribution in [1.29, 1.82) is 5.26 Å². The molecule has 2 aliphatic rings. The van der Waals surface area contributed by atoms with Crippen LogP contribution in [-0.2, 0) is 10.9 Å². The molecule has 2 fully saturated rings. The third kappa shape index (κ3) is 3.21. The molecule has 3 unspecified atom stereocenters. The van der Waals surface area contributed by atoms with Crippen LogP contribution in [0.2, 0.25) is 0 Å². The smallest absolute Gasteiger partial charge is 0.393 e. The van der Waals surface area contributed by atoms with Crippen molar-refractivity contribution in [2.45, 2.75) is 37.6 Å². The average Bonchev–Trinajstić information content (AvgIpc) is 3.03. The number of rotatable bonds is 2. The highest BCUT2D eigenvalue weighted by molar-refractivity contribution is 5.56. The molecule has 4 nitrogen and oxygen atoms in total. The number of ether oxygens (including phenoxy) is 1. The zero-order valence-corrected chi connectivity index (χ0v) is 13.1. The van der Waals surface area contributed by atoms with E-state index in [9.17, 15) is 18.3 Å². The summed E-state index contributed by atoms with van der Waals surface area (Å²) in [4.78, 5) is 2.00. The maximum Gasteiger partial charge on any atom is 0.417 e. The Bertz CT molecular complexity index is 642. The third-order valence-electron chi connectivity index (χ3n) is 4.92. The van der Waals surface area contributed by atoms with E-state index in [2.05, 4.69) is 0 Å². The molecule has 0 aromatic heterocycles. The van der Waals surface area contributed by atoms with Gasteiger partial charge in [0, 0.05) is 30.8 Å². The summed E-state index contributed by atoms with van der Waals surface area (Å²) in [6, 6.07) is 5.35. The summed E-state index contributed by atoms with van der Waals surface area (Å²) in [5, 5.41) is 19.3. The molecule has 3 rings (SSSR count). The summed E-state index contributed by atoms with van der Waals surface area (Å²) in [6.45, 7) is 1.68. The van der Waals surface area contributed by atoms with Gasteiger partial charge < -0.3 is 14.7 Å². The van der Waals surface area contributed by atoms with Gasteiger partial charge in [0.2, 0.25) is 0 Å². The lowest BCUT2D eigenvalue weighted by Crippen LogP contribution is -2.46. The monoisotopic (exact) mass is 340 g/mol. The van der Waals surface area contributed by atoms with Gasteiger partial charge >= 0.3 is 6.18 Å². The predicted molar refractivity (Wildman–Crippen MR) is 81.5 cm³/mol. The summed E-state index contributed by atoms with van der Waals surface area (Å²) in [6.07, 6.45) is -2.67. The number of nitriles is 1. The van der Waals surface area contributed by atoms with Crippen LogP contribution >= 0.6 is 0 Å². The second-order valence-corrected chi connectivity index (χ2v) is 6.34. The Morgan fingerprint density at radius 2 is 2.08 bits per heavy atom. The van der Waals surface area contributed by atoms with Crippen molar-refractivity contribution in [3.8, 4) is 6.07 Å². The highest BCUT2D eigenvalue weighted by atomic mass is 19.4. The van der Waals surface area contributed by atoms with Crippen molar-refractivity contribution < 1.29 is 23.0 Å².